The molecule has 0 fully saturated rings. The van der Waals surface area contributed by atoms with Crippen molar-refractivity contribution < 1.29 is 23.8 Å². The van der Waals surface area contributed by atoms with Crippen molar-refractivity contribution >= 4 is 18.0 Å². The van der Waals surface area contributed by atoms with Gasteiger partial charge >= 0.3 is 0 Å². The molecular formula is C21H23N3O5. The zero-order valence-electron chi connectivity index (χ0n) is 16.1. The summed E-state index contributed by atoms with van der Waals surface area (Å²) in [4.78, 5) is 24.0. The van der Waals surface area contributed by atoms with Crippen molar-refractivity contribution in [2.75, 3.05) is 19.9 Å². The summed E-state index contributed by atoms with van der Waals surface area (Å²) in [6, 6.07) is 12.3. The van der Waals surface area contributed by atoms with Crippen LogP contribution < -0.4 is 25.0 Å². The fourth-order valence-corrected chi connectivity index (χ4v) is 2.54. The molecule has 1 aliphatic rings. The van der Waals surface area contributed by atoms with Crippen molar-refractivity contribution in [3.05, 3.63) is 53.6 Å². The van der Waals surface area contributed by atoms with Gasteiger partial charge in [0, 0.05) is 5.56 Å². The average Bonchev–Trinajstić information content (AvgIpc) is 3.20. The number of unbranched alkanes of at least 4 members (excludes halogenated alkanes) is 1. The molecule has 0 aliphatic carbocycles. The molecule has 3 rings (SSSR count). The first kappa shape index (κ1) is 20.2. The Morgan fingerprint density at radius 1 is 1.17 bits per heavy atom. The molecule has 8 nitrogen and oxygen atoms in total. The number of rotatable bonds is 9. The number of nitrogens with zero attached hydrogens (tertiary/aromatic N) is 1. The smallest absolute Gasteiger partial charge is 0.259 e. The number of hydrogen-bond acceptors (Lipinski definition) is 6. The van der Waals surface area contributed by atoms with E-state index < -0.39 is 5.91 Å². The minimum Gasteiger partial charge on any atom is -0.494 e. The van der Waals surface area contributed by atoms with Crippen molar-refractivity contribution in [3.63, 3.8) is 0 Å². The minimum absolute atomic E-state index is 0.134. The highest BCUT2D eigenvalue weighted by Gasteiger charge is 2.16. The molecule has 0 saturated carbocycles. The van der Waals surface area contributed by atoms with Crippen LogP contribution in [0.2, 0.25) is 0 Å². The summed E-state index contributed by atoms with van der Waals surface area (Å²) in [5, 5.41) is 6.44. The van der Waals surface area contributed by atoms with Gasteiger partial charge in [-0.15, -0.1) is 0 Å². The summed E-state index contributed by atoms with van der Waals surface area (Å²) >= 11 is 0. The molecule has 0 spiro atoms. The quantitative estimate of drug-likeness (QED) is 0.385. The van der Waals surface area contributed by atoms with Gasteiger partial charge in [0.1, 0.15) is 5.75 Å². The molecule has 0 atom stereocenters. The number of benzene rings is 2. The molecular weight excluding hydrogens is 374 g/mol. The Labute approximate surface area is 168 Å². The zero-order chi connectivity index (χ0) is 20.5. The van der Waals surface area contributed by atoms with Crippen LogP contribution in [0.3, 0.4) is 0 Å². The highest BCUT2D eigenvalue weighted by molar-refractivity contribution is 5.97. The maximum Gasteiger partial charge on any atom is 0.259 e. The first-order valence-electron chi connectivity index (χ1n) is 9.38. The van der Waals surface area contributed by atoms with Crippen molar-refractivity contribution in [3.8, 4) is 17.2 Å². The van der Waals surface area contributed by atoms with Crippen LogP contribution in [-0.2, 0) is 4.79 Å². The van der Waals surface area contributed by atoms with Gasteiger partial charge < -0.3 is 19.5 Å². The number of hydrogen-bond donors (Lipinski definition) is 2. The van der Waals surface area contributed by atoms with Crippen molar-refractivity contribution in [2.24, 2.45) is 5.10 Å². The van der Waals surface area contributed by atoms with Gasteiger partial charge in [-0.05, 0) is 42.3 Å². The molecule has 0 unspecified atom stereocenters. The summed E-state index contributed by atoms with van der Waals surface area (Å²) in [6.45, 7) is 2.70. The van der Waals surface area contributed by atoms with Gasteiger partial charge in [0.25, 0.3) is 11.8 Å². The highest BCUT2D eigenvalue weighted by atomic mass is 16.7. The fourth-order valence-electron chi connectivity index (χ4n) is 2.54. The lowest BCUT2D eigenvalue weighted by Crippen LogP contribution is -2.34. The van der Waals surface area contributed by atoms with E-state index in [1.807, 2.05) is 24.3 Å². The van der Waals surface area contributed by atoms with Gasteiger partial charge in [0.2, 0.25) is 6.79 Å². The van der Waals surface area contributed by atoms with Gasteiger partial charge in [-0.2, -0.15) is 5.10 Å². The number of hydrazone groups is 1. The third-order valence-corrected chi connectivity index (χ3v) is 4.07. The Bertz CT molecular complexity index is 898. The van der Waals surface area contributed by atoms with Gasteiger partial charge in [-0.1, -0.05) is 25.5 Å². The summed E-state index contributed by atoms with van der Waals surface area (Å²) in [6.07, 6.45) is 3.58. The summed E-state index contributed by atoms with van der Waals surface area (Å²) in [7, 11) is 0. The van der Waals surface area contributed by atoms with E-state index in [2.05, 4.69) is 22.8 Å². The van der Waals surface area contributed by atoms with E-state index >= 15 is 0 Å². The molecule has 8 heteroatoms. The molecule has 0 saturated heterocycles. The van der Waals surface area contributed by atoms with Crippen LogP contribution in [0.4, 0.5) is 0 Å². The molecule has 2 amide bonds. The normalized spacial score (nSPS) is 12.0. The minimum atomic E-state index is -0.439. The van der Waals surface area contributed by atoms with Gasteiger partial charge in [0.15, 0.2) is 11.5 Å². The van der Waals surface area contributed by atoms with E-state index in [9.17, 15) is 9.59 Å². The average molecular weight is 397 g/mol. The first-order chi connectivity index (χ1) is 14.2. The number of ether oxygens (including phenoxy) is 3. The fraction of sp³-hybridized carbons (Fsp3) is 0.286. The van der Waals surface area contributed by atoms with Crippen LogP contribution in [-0.4, -0.2) is 38.0 Å². The molecule has 2 aromatic carbocycles. The Balaban J connectivity index is 1.44. The molecule has 0 bridgehead atoms. The second-order valence-electron chi connectivity index (χ2n) is 6.32. The third kappa shape index (κ3) is 5.97. The van der Waals surface area contributed by atoms with Crippen LogP contribution >= 0.6 is 0 Å². The van der Waals surface area contributed by atoms with Gasteiger partial charge in [0.05, 0.1) is 19.4 Å². The zero-order valence-corrected chi connectivity index (χ0v) is 16.1. The topological polar surface area (TPSA) is 98.2 Å². The Morgan fingerprint density at radius 3 is 2.90 bits per heavy atom. The molecule has 29 heavy (non-hydrogen) atoms. The van der Waals surface area contributed by atoms with Gasteiger partial charge in [-0.25, -0.2) is 5.43 Å². The predicted molar refractivity (Wildman–Crippen MR) is 107 cm³/mol. The van der Waals surface area contributed by atoms with Crippen molar-refractivity contribution in [2.45, 2.75) is 19.8 Å². The van der Waals surface area contributed by atoms with E-state index in [0.717, 1.165) is 24.2 Å². The molecule has 2 N–H and O–H groups in total. The summed E-state index contributed by atoms with van der Waals surface area (Å²) in [5.41, 5.74) is 3.56. The number of carbonyl (C=O) groups excluding carboxylic acids is 2. The van der Waals surface area contributed by atoms with E-state index in [4.69, 9.17) is 14.2 Å². The second kappa shape index (κ2) is 10.1. The summed E-state index contributed by atoms with van der Waals surface area (Å²) in [5.74, 6) is 1.02. The first-order valence-corrected chi connectivity index (χ1v) is 9.38. The van der Waals surface area contributed by atoms with E-state index in [1.54, 1.807) is 18.2 Å². The van der Waals surface area contributed by atoms with E-state index in [-0.39, 0.29) is 19.2 Å². The standard InChI is InChI=1S/C21H23N3O5/c1-2-3-9-27-17-6-4-5-15(10-17)12-23-24-20(25)13-22-21(26)16-7-8-18-19(11-16)29-14-28-18/h4-8,10-12H,2-3,9,13-14H2,1H3,(H,22,26)(H,24,25). The third-order valence-electron chi connectivity index (χ3n) is 4.07. The maximum absolute atomic E-state index is 12.1. The van der Waals surface area contributed by atoms with E-state index in [1.165, 1.54) is 6.21 Å². The molecule has 1 heterocycles. The maximum atomic E-state index is 12.1. The Kier molecular flexibility index (Phi) is 7.05. The lowest BCUT2D eigenvalue weighted by molar-refractivity contribution is -0.120. The number of fused-ring (bicyclic) bond motifs is 1. The largest absolute Gasteiger partial charge is 0.494 e. The Hall–Kier alpha value is -3.55. The molecule has 152 valence electrons. The molecule has 2 aromatic rings. The highest BCUT2D eigenvalue weighted by Crippen LogP contribution is 2.32. The van der Waals surface area contributed by atoms with Crippen LogP contribution in [0.1, 0.15) is 35.7 Å². The number of amides is 2. The second-order valence-corrected chi connectivity index (χ2v) is 6.32. The van der Waals surface area contributed by atoms with Crippen molar-refractivity contribution in [1.82, 2.24) is 10.7 Å². The lowest BCUT2D eigenvalue weighted by Gasteiger charge is -2.06. The Morgan fingerprint density at radius 2 is 2.03 bits per heavy atom. The molecule has 0 radical (unpaired) electrons. The van der Waals surface area contributed by atoms with Crippen LogP contribution in [0.5, 0.6) is 17.2 Å². The van der Waals surface area contributed by atoms with Crippen LogP contribution in [0.25, 0.3) is 0 Å². The lowest BCUT2D eigenvalue weighted by atomic mass is 10.2. The predicted octanol–water partition coefficient (Wildman–Crippen LogP) is 2.47. The number of carbonyl (C=O) groups is 2. The molecule has 0 aromatic heterocycles. The monoisotopic (exact) mass is 397 g/mol. The van der Waals surface area contributed by atoms with E-state index in [0.29, 0.717) is 23.7 Å². The van der Waals surface area contributed by atoms with Crippen LogP contribution in [0, 0.1) is 0 Å². The SMILES string of the molecule is CCCCOc1cccc(C=NNC(=O)CNC(=O)c2ccc3c(c2)OCO3)c1. The number of nitrogens with one attached hydrogen (secondary N) is 2. The molecule has 1 aliphatic heterocycles. The summed E-state index contributed by atoms with van der Waals surface area (Å²) < 4.78 is 16.1. The van der Waals surface area contributed by atoms with Crippen LogP contribution in [0.15, 0.2) is 47.6 Å². The van der Waals surface area contributed by atoms with Gasteiger partial charge in [-0.3, -0.25) is 9.59 Å². The van der Waals surface area contributed by atoms with Crippen molar-refractivity contribution in [1.29, 1.82) is 0 Å².